The maximum absolute atomic E-state index is 5.80. The van der Waals surface area contributed by atoms with Gasteiger partial charge in [0.2, 0.25) is 0 Å². The van der Waals surface area contributed by atoms with Crippen LogP contribution in [0.5, 0.6) is 11.5 Å². The van der Waals surface area contributed by atoms with Gasteiger partial charge in [-0.3, -0.25) is 4.99 Å². The molecule has 0 saturated heterocycles. The molecule has 0 aliphatic carbocycles. The van der Waals surface area contributed by atoms with Crippen LogP contribution < -0.4 is 20.1 Å². The summed E-state index contributed by atoms with van der Waals surface area (Å²) in [6.07, 6.45) is 0. The summed E-state index contributed by atoms with van der Waals surface area (Å²) < 4.78 is 11.5. The first-order chi connectivity index (χ1) is 13.6. The molecule has 0 heterocycles. The summed E-state index contributed by atoms with van der Waals surface area (Å²) >= 11 is 0. The van der Waals surface area contributed by atoms with Crippen LogP contribution in [0.15, 0.2) is 53.5 Å². The minimum absolute atomic E-state index is 0.642. The molecule has 0 aromatic heterocycles. The minimum atomic E-state index is 0.642. The molecule has 28 heavy (non-hydrogen) atoms. The van der Waals surface area contributed by atoms with Gasteiger partial charge in [0.1, 0.15) is 18.1 Å². The average molecular weight is 385 g/mol. The molecule has 0 unspecified atom stereocenters. The Hall–Kier alpha value is -2.73. The highest BCUT2D eigenvalue weighted by atomic mass is 16.5. The summed E-state index contributed by atoms with van der Waals surface area (Å²) in [6.45, 7) is 5.51. The zero-order chi connectivity index (χ0) is 20.2. The van der Waals surface area contributed by atoms with Gasteiger partial charge in [-0.15, -0.1) is 0 Å². The van der Waals surface area contributed by atoms with Crippen molar-refractivity contribution < 1.29 is 9.47 Å². The Bertz CT molecular complexity index is 747. The van der Waals surface area contributed by atoms with Gasteiger partial charge in [-0.25, -0.2) is 0 Å². The van der Waals surface area contributed by atoms with Gasteiger partial charge >= 0.3 is 0 Å². The van der Waals surface area contributed by atoms with E-state index in [1.165, 1.54) is 0 Å². The second-order valence-corrected chi connectivity index (χ2v) is 6.62. The van der Waals surface area contributed by atoms with Gasteiger partial charge in [0.05, 0.1) is 6.61 Å². The number of benzene rings is 2. The molecule has 2 rings (SSSR count). The predicted molar refractivity (Wildman–Crippen MR) is 115 cm³/mol. The van der Waals surface area contributed by atoms with Crippen molar-refractivity contribution in [2.24, 2.45) is 4.99 Å². The third kappa shape index (κ3) is 7.48. The molecule has 0 bridgehead atoms. The van der Waals surface area contributed by atoms with Crippen molar-refractivity contribution in [1.82, 2.24) is 15.5 Å². The summed E-state index contributed by atoms with van der Waals surface area (Å²) in [5.41, 5.74) is 2.24. The minimum Gasteiger partial charge on any atom is -0.494 e. The summed E-state index contributed by atoms with van der Waals surface area (Å²) in [5, 5.41) is 6.68. The fraction of sp³-hybridized carbons (Fsp3) is 0.409. The summed E-state index contributed by atoms with van der Waals surface area (Å²) in [4.78, 5) is 6.40. The molecule has 0 aliphatic rings. The van der Waals surface area contributed by atoms with E-state index in [9.17, 15) is 0 Å². The Labute approximate surface area is 168 Å². The number of nitrogens with zero attached hydrogens (tertiary/aromatic N) is 2. The fourth-order valence-corrected chi connectivity index (χ4v) is 2.62. The molecule has 2 aromatic carbocycles. The van der Waals surface area contributed by atoms with Crippen LogP contribution >= 0.6 is 0 Å². The quantitative estimate of drug-likeness (QED) is 0.487. The normalized spacial score (nSPS) is 11.4. The molecule has 0 aliphatic heterocycles. The highest BCUT2D eigenvalue weighted by molar-refractivity contribution is 5.79. The van der Waals surface area contributed by atoms with E-state index in [-0.39, 0.29) is 0 Å². The number of guanidine groups is 1. The van der Waals surface area contributed by atoms with Crippen molar-refractivity contribution in [1.29, 1.82) is 0 Å². The number of hydrogen-bond acceptors (Lipinski definition) is 4. The van der Waals surface area contributed by atoms with Gasteiger partial charge in [0.15, 0.2) is 5.96 Å². The topological polar surface area (TPSA) is 58.1 Å². The second-order valence-electron chi connectivity index (χ2n) is 6.62. The largest absolute Gasteiger partial charge is 0.494 e. The van der Waals surface area contributed by atoms with Crippen LogP contribution in [0, 0.1) is 0 Å². The number of hydrogen-bond donors (Lipinski definition) is 2. The van der Waals surface area contributed by atoms with E-state index in [4.69, 9.17) is 9.47 Å². The van der Waals surface area contributed by atoms with E-state index < -0.39 is 0 Å². The number of para-hydroxylation sites is 1. The molecule has 0 radical (unpaired) electrons. The monoisotopic (exact) mass is 384 g/mol. The zero-order valence-corrected chi connectivity index (χ0v) is 17.4. The first-order valence-electron chi connectivity index (χ1n) is 9.64. The van der Waals surface area contributed by atoms with Crippen LogP contribution in [-0.2, 0) is 13.1 Å². The number of likely N-dealkylation sites (N-methyl/N-ethyl adjacent to an activating group) is 1. The third-order valence-corrected chi connectivity index (χ3v) is 4.11. The van der Waals surface area contributed by atoms with E-state index in [1.807, 2.05) is 51.4 Å². The van der Waals surface area contributed by atoms with Gasteiger partial charge in [-0.1, -0.05) is 30.3 Å². The zero-order valence-electron chi connectivity index (χ0n) is 17.4. The summed E-state index contributed by atoms with van der Waals surface area (Å²) in [7, 11) is 5.84. The number of nitrogens with one attached hydrogen (secondary N) is 2. The Kier molecular flexibility index (Phi) is 9.15. The lowest BCUT2D eigenvalue weighted by molar-refractivity contribution is 0.261. The second kappa shape index (κ2) is 11.9. The smallest absolute Gasteiger partial charge is 0.191 e. The standard InChI is InChI=1S/C22H32N4O2/c1-5-27-21-12-7-6-10-19(21)17-25-22(23-2)24-16-18-9-8-11-20(15-18)28-14-13-26(3)4/h6-12,15H,5,13-14,16-17H2,1-4H3,(H2,23,24,25). The van der Waals surface area contributed by atoms with Crippen LogP contribution in [0.3, 0.4) is 0 Å². The molecular weight excluding hydrogens is 352 g/mol. The molecule has 0 atom stereocenters. The Morgan fingerprint density at radius 3 is 2.54 bits per heavy atom. The number of rotatable bonds is 10. The molecule has 0 spiro atoms. The molecule has 6 heteroatoms. The maximum atomic E-state index is 5.80. The van der Waals surface area contributed by atoms with E-state index >= 15 is 0 Å². The first kappa shape index (κ1) is 21.6. The lowest BCUT2D eigenvalue weighted by Crippen LogP contribution is -2.36. The predicted octanol–water partition coefficient (Wildman–Crippen LogP) is 2.89. The number of ether oxygens (including phenoxy) is 2. The molecule has 6 nitrogen and oxygen atoms in total. The van der Waals surface area contributed by atoms with Crippen molar-refractivity contribution in [2.75, 3.05) is 40.9 Å². The van der Waals surface area contributed by atoms with Crippen molar-refractivity contribution in [3.63, 3.8) is 0 Å². The van der Waals surface area contributed by atoms with E-state index in [0.717, 1.165) is 35.1 Å². The molecule has 0 fully saturated rings. The maximum Gasteiger partial charge on any atom is 0.191 e. The highest BCUT2D eigenvalue weighted by Crippen LogP contribution is 2.17. The molecule has 2 aromatic rings. The Morgan fingerprint density at radius 1 is 1.00 bits per heavy atom. The van der Waals surface area contributed by atoms with Crippen molar-refractivity contribution in [3.05, 3.63) is 59.7 Å². The van der Waals surface area contributed by atoms with Crippen LogP contribution in [0.1, 0.15) is 18.1 Å². The van der Waals surface area contributed by atoms with Crippen molar-refractivity contribution >= 4 is 5.96 Å². The first-order valence-corrected chi connectivity index (χ1v) is 9.64. The molecule has 152 valence electrons. The van der Waals surface area contributed by atoms with Crippen molar-refractivity contribution in [2.45, 2.75) is 20.0 Å². The van der Waals surface area contributed by atoms with Crippen LogP contribution in [0.4, 0.5) is 0 Å². The average Bonchev–Trinajstić information content (AvgIpc) is 2.69. The van der Waals surface area contributed by atoms with Crippen LogP contribution in [-0.4, -0.2) is 51.8 Å². The Morgan fingerprint density at radius 2 is 1.79 bits per heavy atom. The van der Waals surface area contributed by atoms with Gasteiger partial charge < -0.3 is 25.0 Å². The van der Waals surface area contributed by atoms with E-state index in [2.05, 4.69) is 38.7 Å². The number of aliphatic imine (C=N–C) groups is 1. The van der Waals surface area contributed by atoms with Gasteiger partial charge in [0, 0.05) is 32.2 Å². The van der Waals surface area contributed by atoms with E-state index in [0.29, 0.717) is 26.3 Å². The van der Waals surface area contributed by atoms with Gasteiger partial charge in [-0.05, 0) is 44.8 Å². The highest BCUT2D eigenvalue weighted by Gasteiger charge is 2.05. The summed E-state index contributed by atoms with van der Waals surface area (Å²) in [5.74, 6) is 2.52. The van der Waals surface area contributed by atoms with E-state index in [1.54, 1.807) is 7.05 Å². The lowest BCUT2D eigenvalue weighted by atomic mass is 10.2. The third-order valence-electron chi connectivity index (χ3n) is 4.11. The van der Waals surface area contributed by atoms with Gasteiger partial charge in [0.25, 0.3) is 0 Å². The molecule has 0 amide bonds. The lowest BCUT2D eigenvalue weighted by Gasteiger charge is -2.15. The SMILES string of the molecule is CCOc1ccccc1CNC(=NC)NCc1cccc(OCCN(C)C)c1. The molecule has 2 N–H and O–H groups in total. The van der Waals surface area contributed by atoms with Gasteiger partial charge in [-0.2, -0.15) is 0 Å². The van der Waals surface area contributed by atoms with Crippen LogP contribution in [0.25, 0.3) is 0 Å². The fourth-order valence-electron chi connectivity index (χ4n) is 2.62. The molecule has 0 saturated carbocycles. The molecular formula is C22H32N4O2. The summed E-state index contributed by atoms with van der Waals surface area (Å²) in [6, 6.07) is 16.2. The van der Waals surface area contributed by atoms with Crippen molar-refractivity contribution in [3.8, 4) is 11.5 Å². The van der Waals surface area contributed by atoms with Crippen LogP contribution in [0.2, 0.25) is 0 Å². The Balaban J connectivity index is 1.85.